The Kier molecular flexibility index (Phi) is 6.02. The standard InChI is InChI=1S/C17H29NO/c1-7-9-13-10-8-11-14(12-13)15(18-5)16(19-6)17(2,3)4/h8,10-12,15-16,18H,7,9H2,1-6H3. The summed E-state index contributed by atoms with van der Waals surface area (Å²) < 4.78 is 5.76. The molecule has 1 rings (SSSR count). The minimum absolute atomic E-state index is 0.100. The van der Waals surface area contributed by atoms with E-state index < -0.39 is 0 Å². The van der Waals surface area contributed by atoms with E-state index in [1.807, 2.05) is 7.05 Å². The van der Waals surface area contributed by atoms with Crippen LogP contribution in [0.2, 0.25) is 0 Å². The van der Waals surface area contributed by atoms with Gasteiger partial charge >= 0.3 is 0 Å². The van der Waals surface area contributed by atoms with E-state index >= 15 is 0 Å². The first-order chi connectivity index (χ1) is 8.93. The van der Waals surface area contributed by atoms with Crippen molar-refractivity contribution in [2.45, 2.75) is 52.7 Å². The molecule has 0 radical (unpaired) electrons. The van der Waals surface area contributed by atoms with Gasteiger partial charge in [0, 0.05) is 7.11 Å². The third-order valence-corrected chi connectivity index (χ3v) is 3.57. The van der Waals surface area contributed by atoms with Crippen molar-refractivity contribution in [2.24, 2.45) is 5.41 Å². The second-order valence-corrected chi connectivity index (χ2v) is 6.28. The van der Waals surface area contributed by atoms with E-state index in [9.17, 15) is 0 Å². The lowest BCUT2D eigenvalue weighted by Gasteiger charge is -2.36. The number of ether oxygens (including phenoxy) is 1. The Morgan fingerprint density at radius 3 is 2.42 bits per heavy atom. The fourth-order valence-electron chi connectivity index (χ4n) is 2.71. The van der Waals surface area contributed by atoms with Crippen LogP contribution in [-0.2, 0) is 11.2 Å². The summed E-state index contributed by atoms with van der Waals surface area (Å²) in [5, 5.41) is 3.42. The summed E-state index contributed by atoms with van der Waals surface area (Å²) in [7, 11) is 3.81. The van der Waals surface area contributed by atoms with Gasteiger partial charge in [0.15, 0.2) is 0 Å². The van der Waals surface area contributed by atoms with Crippen molar-refractivity contribution in [3.05, 3.63) is 35.4 Å². The Morgan fingerprint density at radius 1 is 1.26 bits per heavy atom. The summed E-state index contributed by atoms with van der Waals surface area (Å²) in [4.78, 5) is 0. The van der Waals surface area contributed by atoms with E-state index in [0.29, 0.717) is 0 Å². The maximum Gasteiger partial charge on any atom is 0.0813 e. The quantitative estimate of drug-likeness (QED) is 0.839. The highest BCUT2D eigenvalue weighted by atomic mass is 16.5. The third-order valence-electron chi connectivity index (χ3n) is 3.57. The molecular weight excluding hydrogens is 234 g/mol. The number of rotatable bonds is 6. The van der Waals surface area contributed by atoms with Crippen LogP contribution in [0.3, 0.4) is 0 Å². The highest BCUT2D eigenvalue weighted by molar-refractivity contribution is 5.27. The molecule has 0 fully saturated rings. The molecule has 0 spiro atoms. The molecule has 2 unspecified atom stereocenters. The Bertz CT molecular complexity index is 381. The van der Waals surface area contributed by atoms with Crippen LogP contribution in [0.4, 0.5) is 0 Å². The van der Waals surface area contributed by atoms with E-state index in [0.717, 1.165) is 6.42 Å². The Labute approximate surface area is 118 Å². The minimum Gasteiger partial charge on any atom is -0.379 e. The number of likely N-dealkylation sites (N-methyl/N-ethyl adjacent to an activating group) is 1. The van der Waals surface area contributed by atoms with Crippen molar-refractivity contribution in [3.63, 3.8) is 0 Å². The van der Waals surface area contributed by atoms with Crippen LogP contribution < -0.4 is 5.32 Å². The number of aryl methyl sites for hydroxylation is 1. The summed E-state index contributed by atoms with van der Waals surface area (Å²) in [6.07, 6.45) is 2.47. The summed E-state index contributed by atoms with van der Waals surface area (Å²) in [6.45, 7) is 8.89. The molecular formula is C17H29NO. The molecule has 0 bridgehead atoms. The molecule has 1 aromatic rings. The van der Waals surface area contributed by atoms with Gasteiger partial charge in [-0.25, -0.2) is 0 Å². The molecule has 1 N–H and O–H groups in total. The predicted molar refractivity (Wildman–Crippen MR) is 82.5 cm³/mol. The van der Waals surface area contributed by atoms with E-state index in [4.69, 9.17) is 4.74 Å². The molecule has 0 amide bonds. The third kappa shape index (κ3) is 4.32. The van der Waals surface area contributed by atoms with Gasteiger partial charge in [-0.3, -0.25) is 0 Å². The van der Waals surface area contributed by atoms with Crippen LogP contribution in [0.1, 0.15) is 51.3 Å². The summed E-state index contributed by atoms with van der Waals surface area (Å²) >= 11 is 0. The molecule has 0 saturated carbocycles. The number of hydrogen-bond acceptors (Lipinski definition) is 2. The largest absolute Gasteiger partial charge is 0.379 e. The first-order valence-electron chi connectivity index (χ1n) is 7.23. The molecule has 0 saturated heterocycles. The maximum atomic E-state index is 5.76. The minimum atomic E-state index is 0.100. The summed E-state index contributed by atoms with van der Waals surface area (Å²) in [5.41, 5.74) is 2.82. The highest BCUT2D eigenvalue weighted by Crippen LogP contribution is 2.32. The lowest BCUT2D eigenvalue weighted by atomic mass is 9.81. The topological polar surface area (TPSA) is 21.3 Å². The van der Waals surface area contributed by atoms with Crippen LogP contribution in [0.25, 0.3) is 0 Å². The van der Waals surface area contributed by atoms with Gasteiger partial charge in [-0.2, -0.15) is 0 Å². The van der Waals surface area contributed by atoms with Gasteiger partial charge in [0.1, 0.15) is 0 Å². The van der Waals surface area contributed by atoms with Crippen LogP contribution in [-0.4, -0.2) is 20.3 Å². The lowest BCUT2D eigenvalue weighted by Crippen LogP contribution is -2.40. The van der Waals surface area contributed by atoms with Crippen LogP contribution in [0, 0.1) is 5.41 Å². The number of methoxy groups -OCH3 is 1. The average Bonchev–Trinajstić information content (AvgIpc) is 2.35. The monoisotopic (exact) mass is 263 g/mol. The van der Waals surface area contributed by atoms with E-state index in [-0.39, 0.29) is 17.6 Å². The number of benzene rings is 1. The van der Waals surface area contributed by atoms with Crippen molar-refractivity contribution in [3.8, 4) is 0 Å². The van der Waals surface area contributed by atoms with Gasteiger partial charge in [-0.15, -0.1) is 0 Å². The first-order valence-corrected chi connectivity index (χ1v) is 7.23. The fourth-order valence-corrected chi connectivity index (χ4v) is 2.71. The van der Waals surface area contributed by atoms with Crippen molar-refractivity contribution < 1.29 is 4.74 Å². The zero-order chi connectivity index (χ0) is 14.5. The van der Waals surface area contributed by atoms with Crippen molar-refractivity contribution in [2.75, 3.05) is 14.2 Å². The smallest absolute Gasteiger partial charge is 0.0813 e. The zero-order valence-corrected chi connectivity index (χ0v) is 13.3. The molecule has 0 aliphatic carbocycles. The molecule has 1 aromatic carbocycles. The molecule has 0 aliphatic heterocycles. The maximum absolute atomic E-state index is 5.76. The van der Waals surface area contributed by atoms with Gasteiger partial charge in [0.2, 0.25) is 0 Å². The van der Waals surface area contributed by atoms with E-state index in [1.54, 1.807) is 7.11 Å². The first kappa shape index (κ1) is 16.2. The molecule has 0 aliphatic rings. The van der Waals surface area contributed by atoms with Crippen LogP contribution in [0.5, 0.6) is 0 Å². The second-order valence-electron chi connectivity index (χ2n) is 6.28. The second kappa shape index (κ2) is 7.06. The average molecular weight is 263 g/mol. The Hall–Kier alpha value is -0.860. The normalized spacial score (nSPS) is 15.3. The Balaban J connectivity index is 3.04. The van der Waals surface area contributed by atoms with Crippen LogP contribution >= 0.6 is 0 Å². The number of hydrogen-bond donors (Lipinski definition) is 1. The van der Waals surface area contributed by atoms with E-state index in [1.165, 1.54) is 17.5 Å². The SMILES string of the molecule is CCCc1cccc(C(NC)C(OC)C(C)(C)C)c1. The zero-order valence-electron chi connectivity index (χ0n) is 13.3. The van der Waals surface area contributed by atoms with Crippen molar-refractivity contribution in [1.29, 1.82) is 0 Å². The molecule has 108 valence electrons. The van der Waals surface area contributed by atoms with Crippen molar-refractivity contribution >= 4 is 0 Å². The van der Waals surface area contributed by atoms with Gasteiger partial charge in [-0.05, 0) is 30.0 Å². The molecule has 0 heterocycles. The van der Waals surface area contributed by atoms with Gasteiger partial charge in [0.25, 0.3) is 0 Å². The lowest BCUT2D eigenvalue weighted by molar-refractivity contribution is -0.0102. The Morgan fingerprint density at radius 2 is 1.95 bits per heavy atom. The van der Waals surface area contributed by atoms with Gasteiger partial charge in [-0.1, -0.05) is 58.4 Å². The van der Waals surface area contributed by atoms with Gasteiger partial charge in [0.05, 0.1) is 12.1 Å². The van der Waals surface area contributed by atoms with E-state index in [2.05, 4.69) is 57.3 Å². The van der Waals surface area contributed by atoms with Crippen LogP contribution in [0.15, 0.2) is 24.3 Å². The van der Waals surface area contributed by atoms with Gasteiger partial charge < -0.3 is 10.1 Å². The van der Waals surface area contributed by atoms with Crippen molar-refractivity contribution in [1.82, 2.24) is 5.32 Å². The molecule has 2 heteroatoms. The molecule has 2 nitrogen and oxygen atoms in total. The number of nitrogens with one attached hydrogen (secondary N) is 1. The summed E-state index contributed by atoms with van der Waals surface area (Å²) in [6, 6.07) is 9.08. The molecule has 0 aromatic heterocycles. The predicted octanol–water partition coefficient (Wildman–Crippen LogP) is 3.96. The molecule has 2 atom stereocenters. The highest BCUT2D eigenvalue weighted by Gasteiger charge is 2.32. The summed E-state index contributed by atoms with van der Waals surface area (Å²) in [5.74, 6) is 0. The fraction of sp³-hybridized carbons (Fsp3) is 0.647. The molecule has 19 heavy (non-hydrogen) atoms.